The van der Waals surface area contributed by atoms with E-state index in [0.717, 1.165) is 18.0 Å². The van der Waals surface area contributed by atoms with E-state index in [2.05, 4.69) is 14.7 Å². The van der Waals surface area contributed by atoms with Crippen molar-refractivity contribution in [2.24, 2.45) is 0 Å². The van der Waals surface area contributed by atoms with E-state index in [1.807, 2.05) is 6.07 Å². The van der Waals surface area contributed by atoms with Gasteiger partial charge in [0.05, 0.1) is 18.0 Å². The van der Waals surface area contributed by atoms with Gasteiger partial charge >= 0.3 is 12.1 Å². The van der Waals surface area contributed by atoms with Crippen molar-refractivity contribution in [1.82, 2.24) is 19.4 Å². The number of carboxylic acids is 1. The van der Waals surface area contributed by atoms with Crippen LogP contribution in [0.3, 0.4) is 0 Å². The molecule has 2 heterocycles. The first kappa shape index (κ1) is 24.7. The highest BCUT2D eigenvalue weighted by atomic mass is 32.2. The number of alkyl halides is 3. The number of nitrogens with one attached hydrogen (secondary N) is 1. The zero-order valence-corrected chi connectivity index (χ0v) is 16.9. The molecule has 31 heavy (non-hydrogen) atoms. The highest BCUT2D eigenvalue weighted by Gasteiger charge is 2.38. The van der Waals surface area contributed by atoms with Crippen LogP contribution in [0.15, 0.2) is 30.5 Å². The van der Waals surface area contributed by atoms with E-state index in [4.69, 9.17) is 9.90 Å². The molecule has 1 aromatic heterocycles. The van der Waals surface area contributed by atoms with E-state index in [1.54, 1.807) is 16.9 Å². The number of hydrogen-bond donors (Lipinski definition) is 2. The van der Waals surface area contributed by atoms with Crippen LogP contribution in [0.1, 0.15) is 17.3 Å². The van der Waals surface area contributed by atoms with Gasteiger partial charge in [-0.05, 0) is 23.8 Å². The lowest BCUT2D eigenvalue weighted by Crippen LogP contribution is -2.42. The average molecular weight is 470 g/mol. The number of aromatic nitrogens is 2. The Labute approximate surface area is 174 Å². The number of benzene rings is 1. The molecular weight excluding hydrogens is 451 g/mol. The number of rotatable bonds is 5. The predicted molar refractivity (Wildman–Crippen MR) is 98.3 cm³/mol. The van der Waals surface area contributed by atoms with E-state index in [9.17, 15) is 30.4 Å². The van der Waals surface area contributed by atoms with Gasteiger partial charge in [-0.2, -0.15) is 18.3 Å². The summed E-state index contributed by atoms with van der Waals surface area (Å²) < 4.78 is 85.1. The van der Waals surface area contributed by atoms with Crippen LogP contribution < -0.4 is 4.72 Å². The lowest BCUT2D eigenvalue weighted by molar-refractivity contribution is -0.192. The summed E-state index contributed by atoms with van der Waals surface area (Å²) in [6.45, 7) is 1.82. The van der Waals surface area contributed by atoms with E-state index in [-0.39, 0.29) is 12.6 Å². The van der Waals surface area contributed by atoms with Gasteiger partial charge in [-0.15, -0.1) is 0 Å². The first-order valence-corrected chi connectivity index (χ1v) is 10.6. The standard InChI is InChI=1S/C15H18F2N4O2S.C2HF3O2/c1-24(22,23)19-7-13-10-20(9-12-4-5-18-21(12)13)8-11-2-3-14(16)15(17)6-11;3-2(4,5)1(6)7/h2-6,13,19H,7-10H2,1H3;(H,6,7). The van der Waals surface area contributed by atoms with Crippen LogP contribution in [0.25, 0.3) is 0 Å². The Balaban J connectivity index is 0.000000423. The van der Waals surface area contributed by atoms with Gasteiger partial charge in [-0.3, -0.25) is 9.58 Å². The van der Waals surface area contributed by atoms with Crippen molar-refractivity contribution in [3.05, 3.63) is 53.4 Å². The van der Waals surface area contributed by atoms with Gasteiger partial charge in [0, 0.05) is 32.4 Å². The SMILES string of the molecule is CS(=O)(=O)NCC1CN(Cc2ccc(F)c(F)c2)Cc2ccnn21.O=C(O)C(F)(F)F. The molecular formula is C17H19F5N4O4S. The van der Waals surface area contributed by atoms with E-state index < -0.39 is 33.8 Å². The van der Waals surface area contributed by atoms with Crippen LogP contribution in [0.2, 0.25) is 0 Å². The van der Waals surface area contributed by atoms with Crippen molar-refractivity contribution in [3.8, 4) is 0 Å². The second-order valence-corrected chi connectivity index (χ2v) is 8.60. The van der Waals surface area contributed by atoms with Gasteiger partial charge in [0.2, 0.25) is 10.0 Å². The van der Waals surface area contributed by atoms with Crippen LogP contribution in [-0.4, -0.2) is 59.7 Å². The number of nitrogens with zero attached hydrogens (tertiary/aromatic N) is 3. The third-order valence-electron chi connectivity index (χ3n) is 4.17. The van der Waals surface area contributed by atoms with Gasteiger partial charge < -0.3 is 5.11 Å². The predicted octanol–water partition coefficient (Wildman–Crippen LogP) is 1.90. The second-order valence-electron chi connectivity index (χ2n) is 6.76. The van der Waals surface area contributed by atoms with Crippen LogP contribution in [-0.2, 0) is 27.9 Å². The maximum absolute atomic E-state index is 13.4. The van der Waals surface area contributed by atoms with E-state index in [1.165, 1.54) is 6.07 Å². The summed E-state index contributed by atoms with van der Waals surface area (Å²) in [5, 5.41) is 11.4. The van der Waals surface area contributed by atoms with E-state index in [0.29, 0.717) is 25.2 Å². The Hall–Kier alpha value is -2.58. The van der Waals surface area contributed by atoms with Crippen LogP contribution in [0.5, 0.6) is 0 Å². The molecule has 172 valence electrons. The highest BCUT2D eigenvalue weighted by Crippen LogP contribution is 2.22. The van der Waals surface area contributed by atoms with Crippen LogP contribution in [0, 0.1) is 11.6 Å². The smallest absolute Gasteiger partial charge is 0.475 e. The molecule has 0 aliphatic carbocycles. The van der Waals surface area contributed by atoms with Crippen molar-refractivity contribution in [2.45, 2.75) is 25.3 Å². The molecule has 1 unspecified atom stereocenters. The summed E-state index contributed by atoms with van der Waals surface area (Å²) in [6.07, 6.45) is -2.30. The Kier molecular flexibility index (Phi) is 7.72. The normalized spacial score (nSPS) is 16.9. The van der Waals surface area contributed by atoms with Crippen LogP contribution in [0.4, 0.5) is 22.0 Å². The van der Waals surface area contributed by atoms with Gasteiger partial charge in [-0.1, -0.05) is 6.07 Å². The molecule has 0 fully saturated rings. The largest absolute Gasteiger partial charge is 0.490 e. The minimum absolute atomic E-state index is 0.163. The van der Waals surface area contributed by atoms with Crippen LogP contribution >= 0.6 is 0 Å². The second kappa shape index (κ2) is 9.70. The summed E-state index contributed by atoms with van der Waals surface area (Å²) in [5.41, 5.74) is 1.61. The number of aliphatic carboxylic acids is 1. The summed E-state index contributed by atoms with van der Waals surface area (Å²) in [5.74, 6) is -4.50. The molecule has 2 N–H and O–H groups in total. The van der Waals surface area contributed by atoms with Gasteiger partial charge in [0.25, 0.3) is 0 Å². The van der Waals surface area contributed by atoms with Crippen molar-refractivity contribution >= 4 is 16.0 Å². The lowest BCUT2D eigenvalue weighted by atomic mass is 10.1. The highest BCUT2D eigenvalue weighted by molar-refractivity contribution is 7.88. The number of carboxylic acid groups (broad SMARTS) is 1. The summed E-state index contributed by atoms with van der Waals surface area (Å²) in [6, 6.07) is 5.55. The van der Waals surface area contributed by atoms with E-state index >= 15 is 0 Å². The van der Waals surface area contributed by atoms with Gasteiger partial charge in [0.15, 0.2) is 11.6 Å². The average Bonchev–Trinajstić information content (AvgIpc) is 3.10. The molecule has 0 spiro atoms. The molecule has 14 heteroatoms. The number of fused-ring (bicyclic) bond motifs is 1. The fourth-order valence-electron chi connectivity index (χ4n) is 2.88. The third-order valence-corrected chi connectivity index (χ3v) is 4.86. The topological polar surface area (TPSA) is 105 Å². The van der Waals surface area contributed by atoms with Crippen molar-refractivity contribution < 1.29 is 40.3 Å². The Morgan fingerprint density at radius 1 is 1.26 bits per heavy atom. The maximum Gasteiger partial charge on any atom is 0.490 e. The third kappa shape index (κ3) is 7.56. The molecule has 0 radical (unpaired) electrons. The molecule has 8 nitrogen and oxygen atoms in total. The minimum atomic E-state index is -5.08. The Morgan fingerprint density at radius 3 is 2.45 bits per heavy atom. The summed E-state index contributed by atoms with van der Waals surface area (Å²) >= 11 is 0. The number of sulfonamides is 1. The quantitative estimate of drug-likeness (QED) is 0.647. The summed E-state index contributed by atoms with van der Waals surface area (Å²) in [7, 11) is -3.30. The number of carbonyl (C=O) groups is 1. The monoisotopic (exact) mass is 470 g/mol. The van der Waals surface area contributed by atoms with Crippen molar-refractivity contribution in [2.75, 3.05) is 19.3 Å². The van der Waals surface area contributed by atoms with Gasteiger partial charge in [-0.25, -0.2) is 26.7 Å². The first-order chi connectivity index (χ1) is 14.3. The maximum atomic E-state index is 13.4. The zero-order valence-electron chi connectivity index (χ0n) is 16.1. The first-order valence-electron chi connectivity index (χ1n) is 8.69. The lowest BCUT2D eigenvalue weighted by Gasteiger charge is -2.34. The minimum Gasteiger partial charge on any atom is -0.475 e. The summed E-state index contributed by atoms with van der Waals surface area (Å²) in [4.78, 5) is 10.9. The molecule has 0 amide bonds. The van der Waals surface area contributed by atoms with Crippen molar-refractivity contribution in [3.63, 3.8) is 0 Å². The molecule has 1 aliphatic heterocycles. The fourth-order valence-corrected chi connectivity index (χ4v) is 3.38. The molecule has 1 atom stereocenters. The zero-order chi connectivity index (χ0) is 23.4. The molecule has 1 aliphatic rings. The Bertz CT molecular complexity index is 1030. The molecule has 0 saturated carbocycles. The Morgan fingerprint density at radius 2 is 1.90 bits per heavy atom. The molecule has 2 aromatic rings. The van der Waals surface area contributed by atoms with Gasteiger partial charge in [0.1, 0.15) is 0 Å². The molecule has 0 bridgehead atoms. The molecule has 0 saturated heterocycles. The van der Waals surface area contributed by atoms with Crippen molar-refractivity contribution in [1.29, 1.82) is 0 Å². The fraction of sp³-hybridized carbons (Fsp3) is 0.412. The molecule has 3 rings (SSSR count). The number of halogens is 5. The number of hydrogen-bond acceptors (Lipinski definition) is 5. The molecule has 1 aromatic carbocycles.